The van der Waals surface area contributed by atoms with Gasteiger partial charge in [-0.1, -0.05) is 42.5 Å². The van der Waals surface area contributed by atoms with E-state index < -0.39 is 34.2 Å². The van der Waals surface area contributed by atoms with Crippen LogP contribution in [0.25, 0.3) is 0 Å². The van der Waals surface area contributed by atoms with Gasteiger partial charge in [-0.05, 0) is 60.4 Å². The molecule has 2 unspecified atom stereocenters. The fourth-order valence-corrected chi connectivity index (χ4v) is 4.38. The van der Waals surface area contributed by atoms with Crippen LogP contribution in [-0.4, -0.2) is 46.4 Å². The normalized spacial score (nSPS) is 13.9. The van der Waals surface area contributed by atoms with Crippen molar-refractivity contribution in [1.29, 1.82) is 0 Å². The molecule has 204 valence electrons. The number of halogens is 2. The monoisotopic (exact) mass is 545 g/mol. The molecule has 3 aromatic carbocycles. The molecule has 1 amide bonds. The molecule has 0 spiro atoms. The van der Waals surface area contributed by atoms with Gasteiger partial charge in [0.05, 0.1) is 36.7 Å². The van der Waals surface area contributed by atoms with Crippen molar-refractivity contribution >= 4 is 21.6 Å². The third-order valence-corrected chi connectivity index (χ3v) is 7.35. The maximum atomic E-state index is 13.9. The highest BCUT2D eigenvalue weighted by molar-refractivity contribution is 7.92. The lowest BCUT2D eigenvalue weighted by atomic mass is 9.94. The smallest absolute Gasteiger partial charge is 0.251 e. The largest absolute Gasteiger partial charge is 0.375 e. The summed E-state index contributed by atoms with van der Waals surface area (Å²) in [6, 6.07) is 19.2. The molecule has 3 aromatic rings. The van der Waals surface area contributed by atoms with E-state index in [1.54, 1.807) is 31.2 Å². The van der Waals surface area contributed by atoms with Crippen molar-refractivity contribution in [1.82, 2.24) is 5.32 Å². The number of amides is 1. The molecule has 3 N–H and O–H groups in total. The minimum Gasteiger partial charge on any atom is -0.375 e. The van der Waals surface area contributed by atoms with Crippen LogP contribution >= 0.6 is 0 Å². The van der Waals surface area contributed by atoms with Gasteiger partial charge < -0.3 is 15.8 Å². The maximum absolute atomic E-state index is 13.9. The van der Waals surface area contributed by atoms with E-state index >= 15 is 0 Å². The number of carbonyl (C=O) groups excluding carboxylic acids is 1. The second-order valence-electron chi connectivity index (χ2n) is 9.52. The molecule has 3 rings (SSSR count). The van der Waals surface area contributed by atoms with Gasteiger partial charge in [0.15, 0.2) is 0 Å². The number of hydrogen-bond acceptors (Lipinski definition) is 5. The molecule has 0 fully saturated rings. The summed E-state index contributed by atoms with van der Waals surface area (Å²) >= 11 is 0. The standard InChI is InChI=1S/C28H33F2N3O4S/c1-20(23-9-11-25(30)12-10-23)32-27(34)24-13-22(14-26(15-24)33(2)38(3,35)36)17-37-19-28(31,18-29)16-21-7-5-4-6-8-21/h4-15,20H,16-19,31H2,1-3H3,(H,32,34). The molecule has 0 aliphatic rings. The number of alkyl halides is 1. The summed E-state index contributed by atoms with van der Waals surface area (Å²) in [5.41, 5.74) is 7.58. The number of nitrogens with two attached hydrogens (primary N) is 1. The van der Waals surface area contributed by atoms with Crippen molar-refractivity contribution in [3.63, 3.8) is 0 Å². The summed E-state index contributed by atoms with van der Waals surface area (Å²) in [6.07, 6.45) is 1.33. The number of sulfonamides is 1. The molecule has 0 bridgehead atoms. The highest BCUT2D eigenvalue weighted by atomic mass is 32.2. The molecule has 0 aliphatic carbocycles. The predicted octanol–water partition coefficient (Wildman–Crippen LogP) is 4.14. The number of nitrogens with one attached hydrogen (secondary N) is 1. The lowest BCUT2D eigenvalue weighted by Crippen LogP contribution is -2.48. The molecule has 0 saturated carbocycles. The van der Waals surface area contributed by atoms with Crippen LogP contribution < -0.4 is 15.4 Å². The first-order chi connectivity index (χ1) is 17.9. The van der Waals surface area contributed by atoms with Gasteiger partial charge >= 0.3 is 0 Å². The van der Waals surface area contributed by atoms with E-state index in [-0.39, 0.29) is 36.7 Å². The van der Waals surface area contributed by atoms with E-state index in [1.165, 1.54) is 25.2 Å². The topological polar surface area (TPSA) is 102 Å². The van der Waals surface area contributed by atoms with Crippen LogP contribution in [0.5, 0.6) is 0 Å². The summed E-state index contributed by atoms with van der Waals surface area (Å²) in [7, 11) is -2.23. The van der Waals surface area contributed by atoms with Gasteiger partial charge in [-0.2, -0.15) is 0 Å². The number of hydrogen-bond donors (Lipinski definition) is 2. The summed E-state index contributed by atoms with van der Waals surface area (Å²) in [6.45, 7) is 0.848. The van der Waals surface area contributed by atoms with Crippen molar-refractivity contribution in [2.24, 2.45) is 5.73 Å². The molecule has 2 atom stereocenters. The van der Waals surface area contributed by atoms with E-state index in [2.05, 4.69) is 5.32 Å². The zero-order chi connectivity index (χ0) is 27.9. The van der Waals surface area contributed by atoms with Gasteiger partial charge in [-0.3, -0.25) is 9.10 Å². The number of nitrogens with zero attached hydrogens (tertiary/aromatic N) is 1. The number of rotatable bonds is 12. The van der Waals surface area contributed by atoms with Crippen LogP contribution in [0.4, 0.5) is 14.5 Å². The van der Waals surface area contributed by atoms with Gasteiger partial charge in [0.2, 0.25) is 10.0 Å². The van der Waals surface area contributed by atoms with Crippen molar-refractivity contribution < 1.29 is 26.7 Å². The Morgan fingerprint density at radius 1 is 1.08 bits per heavy atom. The fourth-order valence-electron chi connectivity index (χ4n) is 3.89. The number of benzene rings is 3. The third-order valence-electron chi connectivity index (χ3n) is 6.14. The van der Waals surface area contributed by atoms with Crippen LogP contribution in [0.2, 0.25) is 0 Å². The molecule has 10 heteroatoms. The van der Waals surface area contributed by atoms with E-state index in [9.17, 15) is 22.0 Å². The molecule has 0 radical (unpaired) electrons. The summed E-state index contributed by atoms with van der Waals surface area (Å²) < 4.78 is 58.3. The summed E-state index contributed by atoms with van der Waals surface area (Å²) in [4.78, 5) is 13.1. The minimum absolute atomic E-state index is 0.0209. The molecule has 7 nitrogen and oxygen atoms in total. The number of ether oxygens (including phenoxy) is 1. The number of anilines is 1. The van der Waals surface area contributed by atoms with Gasteiger partial charge in [-0.25, -0.2) is 17.2 Å². The fraction of sp³-hybridized carbons (Fsp3) is 0.321. The lowest BCUT2D eigenvalue weighted by molar-refractivity contribution is 0.0621. The van der Waals surface area contributed by atoms with Crippen molar-refractivity contribution in [3.05, 3.63) is 101 Å². The van der Waals surface area contributed by atoms with E-state index in [0.29, 0.717) is 11.1 Å². The van der Waals surface area contributed by atoms with Crippen molar-refractivity contribution in [2.75, 3.05) is 30.9 Å². The third kappa shape index (κ3) is 8.08. The Balaban J connectivity index is 1.79. The SMILES string of the molecule is CC(NC(=O)c1cc(COCC(N)(CF)Cc2ccccc2)cc(N(C)S(C)(=O)=O)c1)c1ccc(F)cc1. The molecule has 38 heavy (non-hydrogen) atoms. The Hall–Kier alpha value is -3.34. The summed E-state index contributed by atoms with van der Waals surface area (Å²) in [5.74, 6) is -0.834. The zero-order valence-electron chi connectivity index (χ0n) is 21.7. The van der Waals surface area contributed by atoms with Gasteiger partial charge in [0.1, 0.15) is 12.5 Å². The second kappa shape index (κ2) is 12.5. The van der Waals surface area contributed by atoms with Crippen LogP contribution in [0, 0.1) is 5.82 Å². The van der Waals surface area contributed by atoms with Crippen molar-refractivity contribution in [3.8, 4) is 0 Å². The quantitative estimate of drug-likeness (QED) is 0.356. The van der Waals surface area contributed by atoms with Crippen LogP contribution in [0.15, 0.2) is 72.8 Å². The Morgan fingerprint density at radius 2 is 1.74 bits per heavy atom. The first-order valence-corrected chi connectivity index (χ1v) is 13.9. The van der Waals surface area contributed by atoms with Crippen LogP contribution in [-0.2, 0) is 27.8 Å². The zero-order valence-corrected chi connectivity index (χ0v) is 22.5. The van der Waals surface area contributed by atoms with E-state index in [4.69, 9.17) is 10.5 Å². The van der Waals surface area contributed by atoms with Crippen molar-refractivity contribution in [2.45, 2.75) is 31.5 Å². The lowest BCUT2D eigenvalue weighted by Gasteiger charge is -2.26. The molecular weight excluding hydrogens is 512 g/mol. The first-order valence-electron chi connectivity index (χ1n) is 12.0. The molecular formula is C28H33F2N3O4S. The number of carbonyl (C=O) groups is 1. The minimum atomic E-state index is -3.61. The summed E-state index contributed by atoms with van der Waals surface area (Å²) in [5, 5.41) is 2.84. The molecule has 0 saturated heterocycles. The van der Waals surface area contributed by atoms with Crippen LogP contribution in [0.3, 0.4) is 0 Å². The van der Waals surface area contributed by atoms with E-state index in [1.807, 2.05) is 30.3 Å². The Bertz CT molecular complexity index is 1340. The molecule has 0 aliphatic heterocycles. The maximum Gasteiger partial charge on any atom is 0.251 e. The van der Waals surface area contributed by atoms with Gasteiger partial charge in [-0.15, -0.1) is 0 Å². The van der Waals surface area contributed by atoms with E-state index in [0.717, 1.165) is 16.1 Å². The predicted molar refractivity (Wildman–Crippen MR) is 145 cm³/mol. The average Bonchev–Trinajstić information content (AvgIpc) is 2.88. The van der Waals surface area contributed by atoms with Gasteiger partial charge in [0.25, 0.3) is 5.91 Å². The Kier molecular flexibility index (Phi) is 9.59. The van der Waals surface area contributed by atoms with Gasteiger partial charge in [0, 0.05) is 12.6 Å². The average molecular weight is 546 g/mol. The highest BCUT2D eigenvalue weighted by Gasteiger charge is 2.26. The molecule has 0 aromatic heterocycles. The Morgan fingerprint density at radius 3 is 2.34 bits per heavy atom. The highest BCUT2D eigenvalue weighted by Crippen LogP contribution is 2.23. The molecule has 0 heterocycles. The Labute approximate surface area is 222 Å². The first kappa shape index (κ1) is 29.2. The van der Waals surface area contributed by atoms with Crippen LogP contribution in [0.1, 0.15) is 40.0 Å². The second-order valence-corrected chi connectivity index (χ2v) is 11.5.